The zero-order valence-corrected chi connectivity index (χ0v) is 14.4. The van der Waals surface area contributed by atoms with E-state index in [0.29, 0.717) is 5.92 Å². The van der Waals surface area contributed by atoms with Gasteiger partial charge < -0.3 is 9.47 Å². The summed E-state index contributed by atoms with van der Waals surface area (Å²) in [5.41, 5.74) is 3.31. The van der Waals surface area contributed by atoms with Crippen LogP contribution in [-0.2, 0) is 9.47 Å². The van der Waals surface area contributed by atoms with Gasteiger partial charge in [0.15, 0.2) is 6.29 Å². The van der Waals surface area contributed by atoms with E-state index in [9.17, 15) is 0 Å². The summed E-state index contributed by atoms with van der Waals surface area (Å²) in [7, 11) is 0. The van der Waals surface area contributed by atoms with E-state index >= 15 is 0 Å². The van der Waals surface area contributed by atoms with Gasteiger partial charge in [0.1, 0.15) is 0 Å². The van der Waals surface area contributed by atoms with Gasteiger partial charge >= 0.3 is 0 Å². The Labute approximate surface area is 136 Å². The van der Waals surface area contributed by atoms with Gasteiger partial charge in [-0.1, -0.05) is 26.0 Å². The second kappa shape index (κ2) is 7.79. The predicted molar refractivity (Wildman–Crippen MR) is 90.6 cm³/mol. The van der Waals surface area contributed by atoms with Crippen molar-refractivity contribution in [3.63, 3.8) is 0 Å². The Hall–Kier alpha value is -0.600. The van der Waals surface area contributed by atoms with E-state index in [-0.39, 0.29) is 6.29 Å². The van der Waals surface area contributed by atoms with Crippen molar-refractivity contribution in [2.45, 2.75) is 71.5 Å². The first kappa shape index (κ1) is 16.3. The maximum Gasteiger partial charge on any atom is 0.157 e. The largest absolute Gasteiger partial charge is 0.352 e. The molecule has 0 spiro atoms. The summed E-state index contributed by atoms with van der Waals surface area (Å²) in [6.45, 7) is 6.29. The van der Waals surface area contributed by atoms with Crippen LogP contribution in [0.2, 0.25) is 0 Å². The molecule has 0 N–H and O–H groups in total. The number of allylic oxidation sites excluding steroid dienone is 4. The van der Waals surface area contributed by atoms with Crippen LogP contribution >= 0.6 is 0 Å². The zero-order chi connectivity index (χ0) is 15.4. The first-order valence-corrected chi connectivity index (χ1v) is 9.32. The molecular formula is C20H32O2. The van der Waals surface area contributed by atoms with Crippen LogP contribution in [0.1, 0.15) is 65.2 Å². The Bertz CT molecular complexity index is 415. The highest BCUT2D eigenvalue weighted by Crippen LogP contribution is 2.35. The monoisotopic (exact) mass is 304 g/mol. The number of rotatable bonds is 4. The quantitative estimate of drug-likeness (QED) is 0.706. The van der Waals surface area contributed by atoms with Crippen molar-refractivity contribution in [3.8, 4) is 0 Å². The molecule has 0 aromatic heterocycles. The lowest BCUT2D eigenvalue weighted by molar-refractivity contribution is -0.201. The van der Waals surface area contributed by atoms with Gasteiger partial charge in [0, 0.05) is 5.92 Å². The average molecular weight is 304 g/mol. The SMILES string of the molecule is CC1CC=C(C2=CCC(CCC3OCC(C)CO3)CC2)CC1. The molecule has 0 bridgehead atoms. The minimum absolute atomic E-state index is 0.0594. The van der Waals surface area contributed by atoms with Crippen molar-refractivity contribution in [1.29, 1.82) is 0 Å². The lowest BCUT2D eigenvalue weighted by Crippen LogP contribution is -2.30. The van der Waals surface area contributed by atoms with Gasteiger partial charge in [-0.25, -0.2) is 0 Å². The van der Waals surface area contributed by atoms with Crippen LogP contribution < -0.4 is 0 Å². The molecule has 1 saturated heterocycles. The molecule has 2 heteroatoms. The molecule has 0 radical (unpaired) electrons. The van der Waals surface area contributed by atoms with E-state index in [2.05, 4.69) is 26.0 Å². The fourth-order valence-corrected chi connectivity index (χ4v) is 3.88. The smallest absolute Gasteiger partial charge is 0.157 e. The highest BCUT2D eigenvalue weighted by atomic mass is 16.7. The second-order valence-corrected chi connectivity index (χ2v) is 7.76. The molecule has 1 heterocycles. The molecule has 0 saturated carbocycles. The van der Waals surface area contributed by atoms with Gasteiger partial charge in [-0.2, -0.15) is 0 Å². The highest BCUT2D eigenvalue weighted by Gasteiger charge is 2.23. The van der Waals surface area contributed by atoms with Gasteiger partial charge in [-0.3, -0.25) is 0 Å². The van der Waals surface area contributed by atoms with Crippen molar-refractivity contribution in [2.24, 2.45) is 17.8 Å². The summed E-state index contributed by atoms with van der Waals surface area (Å²) < 4.78 is 11.5. The van der Waals surface area contributed by atoms with Crippen LogP contribution in [0.4, 0.5) is 0 Å². The minimum Gasteiger partial charge on any atom is -0.352 e. The van der Waals surface area contributed by atoms with Crippen molar-refractivity contribution >= 4 is 0 Å². The van der Waals surface area contributed by atoms with E-state index in [1.54, 1.807) is 11.1 Å². The Balaban J connectivity index is 1.41. The first-order valence-electron chi connectivity index (χ1n) is 9.32. The van der Waals surface area contributed by atoms with Crippen molar-refractivity contribution in [2.75, 3.05) is 13.2 Å². The Morgan fingerprint density at radius 2 is 1.55 bits per heavy atom. The number of hydrogen-bond acceptors (Lipinski definition) is 2. The van der Waals surface area contributed by atoms with E-state index in [1.165, 1.54) is 44.9 Å². The van der Waals surface area contributed by atoms with Crippen LogP contribution in [-0.4, -0.2) is 19.5 Å². The topological polar surface area (TPSA) is 18.5 Å². The molecule has 2 aliphatic carbocycles. The molecule has 1 fully saturated rings. The molecule has 2 unspecified atom stereocenters. The fourth-order valence-electron chi connectivity index (χ4n) is 3.88. The normalized spacial score (nSPS) is 36.6. The molecule has 0 amide bonds. The first-order chi connectivity index (χ1) is 10.7. The van der Waals surface area contributed by atoms with Crippen LogP contribution in [0.15, 0.2) is 23.3 Å². The van der Waals surface area contributed by atoms with E-state index in [0.717, 1.165) is 31.5 Å². The Kier molecular flexibility index (Phi) is 5.76. The van der Waals surface area contributed by atoms with Gasteiger partial charge in [0.2, 0.25) is 0 Å². The summed E-state index contributed by atoms with van der Waals surface area (Å²) in [5, 5.41) is 0. The Morgan fingerprint density at radius 1 is 0.864 bits per heavy atom. The second-order valence-electron chi connectivity index (χ2n) is 7.76. The molecule has 3 rings (SSSR count). The summed E-state index contributed by atoms with van der Waals surface area (Å²) in [5.74, 6) is 2.28. The molecule has 22 heavy (non-hydrogen) atoms. The third kappa shape index (κ3) is 4.45. The third-order valence-electron chi connectivity index (χ3n) is 5.55. The molecular weight excluding hydrogens is 272 g/mol. The maximum absolute atomic E-state index is 5.76. The molecule has 124 valence electrons. The van der Waals surface area contributed by atoms with Crippen molar-refractivity contribution < 1.29 is 9.47 Å². The summed E-state index contributed by atoms with van der Waals surface area (Å²) in [4.78, 5) is 0. The van der Waals surface area contributed by atoms with Crippen LogP contribution in [0.25, 0.3) is 0 Å². The zero-order valence-electron chi connectivity index (χ0n) is 14.4. The molecule has 0 aromatic carbocycles. The predicted octanol–water partition coefficient (Wildman–Crippen LogP) is 5.25. The lowest BCUT2D eigenvalue weighted by Gasteiger charge is -2.30. The Morgan fingerprint density at radius 3 is 2.14 bits per heavy atom. The summed E-state index contributed by atoms with van der Waals surface area (Å²) >= 11 is 0. The van der Waals surface area contributed by atoms with E-state index < -0.39 is 0 Å². The molecule has 3 aliphatic rings. The third-order valence-corrected chi connectivity index (χ3v) is 5.55. The lowest BCUT2D eigenvalue weighted by atomic mass is 9.80. The number of ether oxygens (including phenoxy) is 2. The minimum atomic E-state index is 0.0594. The van der Waals surface area contributed by atoms with Crippen molar-refractivity contribution in [1.82, 2.24) is 0 Å². The van der Waals surface area contributed by atoms with E-state index in [4.69, 9.17) is 9.47 Å². The van der Waals surface area contributed by atoms with Gasteiger partial charge in [0.25, 0.3) is 0 Å². The number of hydrogen-bond donors (Lipinski definition) is 0. The molecule has 1 aliphatic heterocycles. The molecule has 2 atom stereocenters. The standard InChI is InChI=1S/C20H32O2/c1-15-3-8-18(9-4-15)19-10-5-17(6-11-19)7-12-20-21-13-16(2)14-22-20/h8,10,15-17,20H,3-7,9,11-14H2,1-2H3. The van der Waals surface area contributed by atoms with Crippen LogP contribution in [0.5, 0.6) is 0 Å². The average Bonchev–Trinajstić information content (AvgIpc) is 2.56. The van der Waals surface area contributed by atoms with E-state index in [1.807, 2.05) is 0 Å². The van der Waals surface area contributed by atoms with Crippen molar-refractivity contribution in [3.05, 3.63) is 23.3 Å². The summed E-state index contributed by atoms with van der Waals surface area (Å²) in [6.07, 6.45) is 15.3. The molecule has 2 nitrogen and oxygen atoms in total. The maximum atomic E-state index is 5.76. The molecule has 0 aromatic rings. The van der Waals surface area contributed by atoms with Gasteiger partial charge in [-0.05, 0) is 74.3 Å². The van der Waals surface area contributed by atoms with Gasteiger partial charge in [-0.15, -0.1) is 0 Å². The van der Waals surface area contributed by atoms with Crippen LogP contribution in [0, 0.1) is 17.8 Å². The van der Waals surface area contributed by atoms with Crippen LogP contribution in [0.3, 0.4) is 0 Å². The summed E-state index contributed by atoms with van der Waals surface area (Å²) in [6, 6.07) is 0. The highest BCUT2D eigenvalue weighted by molar-refractivity contribution is 5.33. The fraction of sp³-hybridized carbons (Fsp3) is 0.800. The van der Waals surface area contributed by atoms with Gasteiger partial charge in [0.05, 0.1) is 13.2 Å².